The van der Waals surface area contributed by atoms with Crippen molar-refractivity contribution >= 4 is 23.4 Å². The molecule has 0 amide bonds. The summed E-state index contributed by atoms with van der Waals surface area (Å²) in [7, 11) is 0. The molecule has 4 rings (SSSR count). The molecule has 0 bridgehead atoms. The standard InChI is InChI=1S/C18H17ClFN3OS/c1-11(13-6-7-16(20)15(19)9-13)25-18-22-21-17(12-4-5-12)23(18)10-14-3-2-8-24-14/h2-3,6-9,11-12H,4-5,10H2,1H3. The molecule has 2 heterocycles. The molecule has 0 radical (unpaired) electrons. The zero-order chi connectivity index (χ0) is 17.4. The molecule has 1 saturated carbocycles. The van der Waals surface area contributed by atoms with Crippen molar-refractivity contribution in [2.75, 3.05) is 0 Å². The highest BCUT2D eigenvalue weighted by molar-refractivity contribution is 7.99. The summed E-state index contributed by atoms with van der Waals surface area (Å²) in [5, 5.41) is 9.84. The molecule has 25 heavy (non-hydrogen) atoms. The van der Waals surface area contributed by atoms with Gasteiger partial charge >= 0.3 is 0 Å². The summed E-state index contributed by atoms with van der Waals surface area (Å²) in [6.07, 6.45) is 3.99. The van der Waals surface area contributed by atoms with E-state index in [0.29, 0.717) is 12.5 Å². The predicted octanol–water partition coefficient (Wildman–Crippen LogP) is 5.44. The lowest BCUT2D eigenvalue weighted by Crippen LogP contribution is -2.06. The highest BCUT2D eigenvalue weighted by atomic mass is 35.5. The zero-order valence-corrected chi connectivity index (χ0v) is 15.2. The lowest BCUT2D eigenvalue weighted by molar-refractivity contribution is 0.478. The van der Waals surface area contributed by atoms with Gasteiger partial charge in [-0.1, -0.05) is 29.4 Å². The fourth-order valence-electron chi connectivity index (χ4n) is 2.73. The average Bonchev–Trinajstić information content (AvgIpc) is 3.17. The maximum absolute atomic E-state index is 13.4. The first-order chi connectivity index (χ1) is 12.1. The van der Waals surface area contributed by atoms with E-state index in [1.807, 2.05) is 12.1 Å². The van der Waals surface area contributed by atoms with E-state index in [2.05, 4.69) is 21.7 Å². The van der Waals surface area contributed by atoms with Crippen LogP contribution in [0.4, 0.5) is 4.39 Å². The minimum absolute atomic E-state index is 0.0738. The Hall–Kier alpha value is -1.79. The molecule has 7 heteroatoms. The molecule has 0 aliphatic heterocycles. The number of nitrogens with zero attached hydrogens (tertiary/aromatic N) is 3. The molecule has 3 aromatic rings. The van der Waals surface area contributed by atoms with E-state index < -0.39 is 5.82 Å². The highest BCUT2D eigenvalue weighted by Crippen LogP contribution is 2.42. The Morgan fingerprint density at radius 2 is 2.20 bits per heavy atom. The Kier molecular flexibility index (Phi) is 4.56. The molecule has 1 atom stereocenters. The fourth-order valence-corrected chi connectivity index (χ4v) is 3.89. The second-order valence-electron chi connectivity index (χ2n) is 6.21. The first-order valence-electron chi connectivity index (χ1n) is 8.19. The summed E-state index contributed by atoms with van der Waals surface area (Å²) in [6, 6.07) is 8.66. The minimum Gasteiger partial charge on any atom is -0.467 e. The molecule has 1 aliphatic rings. The molecular weight excluding hydrogens is 361 g/mol. The van der Waals surface area contributed by atoms with Gasteiger partial charge in [0.2, 0.25) is 0 Å². The summed E-state index contributed by atoms with van der Waals surface area (Å²) < 4.78 is 21.0. The first-order valence-corrected chi connectivity index (χ1v) is 9.44. The van der Waals surface area contributed by atoms with Crippen molar-refractivity contribution in [1.82, 2.24) is 14.8 Å². The third-order valence-electron chi connectivity index (χ3n) is 4.28. The van der Waals surface area contributed by atoms with Crippen molar-refractivity contribution in [3.05, 3.63) is 64.6 Å². The lowest BCUT2D eigenvalue weighted by Gasteiger charge is -2.13. The molecule has 0 saturated heterocycles. The van der Waals surface area contributed by atoms with Gasteiger partial charge in [-0.25, -0.2) is 4.39 Å². The molecule has 1 aromatic carbocycles. The molecule has 0 spiro atoms. The van der Waals surface area contributed by atoms with E-state index in [4.69, 9.17) is 16.0 Å². The van der Waals surface area contributed by atoms with E-state index in [1.54, 1.807) is 30.2 Å². The molecule has 0 N–H and O–H groups in total. The van der Waals surface area contributed by atoms with Crippen LogP contribution >= 0.6 is 23.4 Å². The lowest BCUT2D eigenvalue weighted by atomic mass is 10.2. The van der Waals surface area contributed by atoms with Crippen molar-refractivity contribution in [2.24, 2.45) is 0 Å². The largest absolute Gasteiger partial charge is 0.467 e. The number of rotatable bonds is 6. The van der Waals surface area contributed by atoms with Crippen LogP contribution in [-0.2, 0) is 6.54 Å². The van der Waals surface area contributed by atoms with Crippen LogP contribution in [0.2, 0.25) is 5.02 Å². The number of halogens is 2. The Morgan fingerprint density at radius 1 is 1.36 bits per heavy atom. The maximum atomic E-state index is 13.4. The van der Waals surface area contributed by atoms with Crippen LogP contribution in [-0.4, -0.2) is 14.8 Å². The van der Waals surface area contributed by atoms with Gasteiger partial charge in [-0.15, -0.1) is 10.2 Å². The zero-order valence-electron chi connectivity index (χ0n) is 13.7. The van der Waals surface area contributed by atoms with Crippen LogP contribution in [0.3, 0.4) is 0 Å². The van der Waals surface area contributed by atoms with Crippen molar-refractivity contribution < 1.29 is 8.81 Å². The van der Waals surface area contributed by atoms with E-state index >= 15 is 0 Å². The average molecular weight is 378 g/mol. The quantitative estimate of drug-likeness (QED) is 0.536. The van der Waals surface area contributed by atoms with Crippen LogP contribution in [0.5, 0.6) is 0 Å². The van der Waals surface area contributed by atoms with Gasteiger partial charge in [-0.05, 0) is 49.6 Å². The van der Waals surface area contributed by atoms with Crippen LogP contribution in [0.25, 0.3) is 0 Å². The van der Waals surface area contributed by atoms with Gasteiger partial charge in [-0.2, -0.15) is 0 Å². The number of hydrogen-bond acceptors (Lipinski definition) is 4. The molecule has 1 unspecified atom stereocenters. The van der Waals surface area contributed by atoms with Crippen molar-refractivity contribution in [3.63, 3.8) is 0 Å². The minimum atomic E-state index is -0.403. The fraction of sp³-hybridized carbons (Fsp3) is 0.333. The summed E-state index contributed by atoms with van der Waals surface area (Å²) in [6.45, 7) is 2.67. The third kappa shape index (κ3) is 3.60. The Morgan fingerprint density at radius 3 is 2.88 bits per heavy atom. The monoisotopic (exact) mass is 377 g/mol. The summed E-state index contributed by atoms with van der Waals surface area (Å²) in [5.74, 6) is 1.98. The maximum Gasteiger partial charge on any atom is 0.192 e. The predicted molar refractivity (Wildman–Crippen MR) is 95.5 cm³/mol. The van der Waals surface area contributed by atoms with Gasteiger partial charge in [0.1, 0.15) is 17.4 Å². The van der Waals surface area contributed by atoms with Crippen molar-refractivity contribution in [3.8, 4) is 0 Å². The van der Waals surface area contributed by atoms with Crippen LogP contribution in [0.15, 0.2) is 46.2 Å². The normalized spacial score (nSPS) is 15.5. The van der Waals surface area contributed by atoms with E-state index in [0.717, 1.165) is 35.1 Å². The van der Waals surface area contributed by atoms with Crippen LogP contribution < -0.4 is 0 Å². The van der Waals surface area contributed by atoms with Gasteiger partial charge in [0.05, 0.1) is 17.8 Å². The number of benzene rings is 1. The van der Waals surface area contributed by atoms with Gasteiger partial charge < -0.3 is 4.42 Å². The SMILES string of the molecule is CC(Sc1nnc(C2CC2)n1Cc1ccco1)c1ccc(F)c(Cl)c1. The van der Waals surface area contributed by atoms with Gasteiger partial charge in [0, 0.05) is 11.2 Å². The van der Waals surface area contributed by atoms with Gasteiger partial charge in [-0.3, -0.25) is 4.57 Å². The van der Waals surface area contributed by atoms with Crippen LogP contribution in [0.1, 0.15) is 48.1 Å². The van der Waals surface area contributed by atoms with Gasteiger partial charge in [0.15, 0.2) is 5.16 Å². The molecule has 4 nitrogen and oxygen atoms in total. The Bertz CT molecular complexity index is 877. The second kappa shape index (κ2) is 6.84. The highest BCUT2D eigenvalue weighted by Gasteiger charge is 2.31. The molecule has 2 aromatic heterocycles. The molecule has 1 fully saturated rings. The van der Waals surface area contributed by atoms with E-state index in [9.17, 15) is 4.39 Å². The molecular formula is C18H17ClFN3OS. The summed E-state index contributed by atoms with van der Waals surface area (Å²) >= 11 is 7.50. The number of hydrogen-bond donors (Lipinski definition) is 0. The Labute approximate surface area is 154 Å². The molecule has 130 valence electrons. The van der Waals surface area contributed by atoms with E-state index in [-0.39, 0.29) is 10.3 Å². The third-order valence-corrected chi connectivity index (χ3v) is 5.71. The topological polar surface area (TPSA) is 43.9 Å². The number of thioether (sulfide) groups is 1. The van der Waals surface area contributed by atoms with Crippen molar-refractivity contribution in [1.29, 1.82) is 0 Å². The number of furan rings is 1. The van der Waals surface area contributed by atoms with Crippen molar-refractivity contribution in [2.45, 2.75) is 42.6 Å². The van der Waals surface area contributed by atoms with E-state index in [1.165, 1.54) is 6.07 Å². The summed E-state index contributed by atoms with van der Waals surface area (Å²) in [5.41, 5.74) is 0.955. The second-order valence-corrected chi connectivity index (χ2v) is 7.93. The van der Waals surface area contributed by atoms with Crippen LogP contribution in [0, 0.1) is 5.82 Å². The summed E-state index contributed by atoms with van der Waals surface area (Å²) in [4.78, 5) is 0. The smallest absolute Gasteiger partial charge is 0.192 e. The molecule has 1 aliphatic carbocycles. The first kappa shape index (κ1) is 16.7. The number of aromatic nitrogens is 3. The Balaban J connectivity index is 1.60. The van der Waals surface area contributed by atoms with Gasteiger partial charge in [0.25, 0.3) is 0 Å².